The summed E-state index contributed by atoms with van der Waals surface area (Å²) in [5, 5.41) is 13.5. The summed E-state index contributed by atoms with van der Waals surface area (Å²) >= 11 is 0. The van der Waals surface area contributed by atoms with E-state index in [1.165, 1.54) is 6.42 Å². The molecule has 126 valence electrons. The zero-order valence-corrected chi connectivity index (χ0v) is 14.0. The van der Waals surface area contributed by atoms with Gasteiger partial charge in [-0.15, -0.1) is 0 Å². The van der Waals surface area contributed by atoms with Crippen LogP contribution in [0.3, 0.4) is 0 Å². The lowest BCUT2D eigenvalue weighted by molar-refractivity contribution is -0.0366. The molecule has 2 aromatic rings. The number of pyridine rings is 2. The van der Waals surface area contributed by atoms with Crippen molar-refractivity contribution in [1.29, 1.82) is 0 Å². The summed E-state index contributed by atoms with van der Waals surface area (Å²) in [5.41, 5.74) is 0.733. The largest absolute Gasteiger partial charge is 0.390 e. The van der Waals surface area contributed by atoms with Crippen LogP contribution in [0.5, 0.6) is 0 Å². The highest BCUT2D eigenvalue weighted by Crippen LogP contribution is 2.31. The minimum atomic E-state index is -0.645. The first-order chi connectivity index (χ1) is 11.4. The van der Waals surface area contributed by atoms with Crippen LogP contribution in [0, 0.1) is 0 Å². The SMILES string of the molecule is CC1CCN1c1cc2ncc(C(=O)NC3CC(C)(O)C3)cc2cn1. The van der Waals surface area contributed by atoms with Gasteiger partial charge in [-0.2, -0.15) is 0 Å². The number of anilines is 1. The van der Waals surface area contributed by atoms with Gasteiger partial charge in [0.15, 0.2) is 0 Å². The Hall–Kier alpha value is -2.21. The molecule has 6 heteroatoms. The molecule has 0 bridgehead atoms. The maximum atomic E-state index is 12.3. The number of rotatable bonds is 3. The molecular weight excluding hydrogens is 304 g/mol. The van der Waals surface area contributed by atoms with Crippen LogP contribution in [-0.4, -0.2) is 45.2 Å². The number of aromatic nitrogens is 2. The fourth-order valence-corrected chi connectivity index (χ4v) is 3.52. The molecule has 4 rings (SSSR count). The molecule has 1 atom stereocenters. The summed E-state index contributed by atoms with van der Waals surface area (Å²) in [7, 11) is 0. The van der Waals surface area contributed by atoms with E-state index in [0.29, 0.717) is 24.4 Å². The Morgan fingerprint density at radius 2 is 2.12 bits per heavy atom. The monoisotopic (exact) mass is 326 g/mol. The van der Waals surface area contributed by atoms with Crippen molar-refractivity contribution in [2.24, 2.45) is 0 Å². The molecule has 0 radical (unpaired) electrons. The topological polar surface area (TPSA) is 78.4 Å². The second kappa shape index (κ2) is 5.41. The third-order valence-corrected chi connectivity index (χ3v) is 5.14. The van der Waals surface area contributed by atoms with Crippen LogP contribution in [0.25, 0.3) is 10.9 Å². The highest BCUT2D eigenvalue weighted by atomic mass is 16.3. The molecule has 1 amide bonds. The maximum Gasteiger partial charge on any atom is 0.253 e. The number of hydrogen-bond acceptors (Lipinski definition) is 5. The highest BCUT2D eigenvalue weighted by Gasteiger charge is 2.39. The Balaban J connectivity index is 1.51. The molecule has 2 aromatic heterocycles. The van der Waals surface area contributed by atoms with Crippen molar-refractivity contribution >= 4 is 22.6 Å². The van der Waals surface area contributed by atoms with Gasteiger partial charge in [-0.25, -0.2) is 4.98 Å². The minimum Gasteiger partial charge on any atom is -0.390 e. The van der Waals surface area contributed by atoms with Crippen LogP contribution in [0.2, 0.25) is 0 Å². The quantitative estimate of drug-likeness (QED) is 0.900. The van der Waals surface area contributed by atoms with E-state index >= 15 is 0 Å². The number of carbonyl (C=O) groups excluding carboxylic acids is 1. The van der Waals surface area contributed by atoms with E-state index in [0.717, 1.165) is 23.3 Å². The molecule has 0 spiro atoms. The predicted molar refractivity (Wildman–Crippen MR) is 92.1 cm³/mol. The zero-order chi connectivity index (χ0) is 16.9. The molecule has 24 heavy (non-hydrogen) atoms. The number of carbonyl (C=O) groups is 1. The van der Waals surface area contributed by atoms with Gasteiger partial charge in [0, 0.05) is 42.5 Å². The van der Waals surface area contributed by atoms with Crippen LogP contribution in [0.15, 0.2) is 24.5 Å². The van der Waals surface area contributed by atoms with Crippen molar-refractivity contribution < 1.29 is 9.90 Å². The summed E-state index contributed by atoms with van der Waals surface area (Å²) < 4.78 is 0. The van der Waals surface area contributed by atoms with Gasteiger partial charge in [-0.1, -0.05) is 0 Å². The average Bonchev–Trinajstić information content (AvgIpc) is 2.51. The van der Waals surface area contributed by atoms with Gasteiger partial charge < -0.3 is 15.3 Å². The first-order valence-corrected chi connectivity index (χ1v) is 8.47. The van der Waals surface area contributed by atoms with E-state index < -0.39 is 5.60 Å². The fraction of sp³-hybridized carbons (Fsp3) is 0.500. The van der Waals surface area contributed by atoms with Crippen LogP contribution in [-0.2, 0) is 0 Å². The standard InChI is InChI=1S/C18H22N4O2/c1-11-3-4-22(11)16-6-15-12(9-20-16)5-13(10-19-15)17(23)21-14-7-18(2,24)8-14/h5-6,9-11,14,24H,3-4,7-8H2,1-2H3,(H,21,23). The normalized spacial score (nSPS) is 29.0. The third kappa shape index (κ3) is 2.71. The Morgan fingerprint density at radius 3 is 2.75 bits per heavy atom. The van der Waals surface area contributed by atoms with Crippen molar-refractivity contribution in [1.82, 2.24) is 15.3 Å². The molecule has 0 aromatic carbocycles. The molecule has 6 nitrogen and oxygen atoms in total. The van der Waals surface area contributed by atoms with E-state index in [1.54, 1.807) is 19.3 Å². The van der Waals surface area contributed by atoms with Gasteiger partial charge in [0.1, 0.15) is 5.82 Å². The number of nitrogens with zero attached hydrogens (tertiary/aromatic N) is 3. The van der Waals surface area contributed by atoms with Crippen molar-refractivity contribution in [2.75, 3.05) is 11.4 Å². The van der Waals surface area contributed by atoms with Crippen LogP contribution < -0.4 is 10.2 Å². The Morgan fingerprint density at radius 1 is 1.33 bits per heavy atom. The van der Waals surface area contributed by atoms with Crippen molar-refractivity contribution in [3.05, 3.63) is 30.1 Å². The van der Waals surface area contributed by atoms with Crippen LogP contribution >= 0.6 is 0 Å². The maximum absolute atomic E-state index is 12.3. The van der Waals surface area contributed by atoms with E-state index in [2.05, 4.69) is 27.1 Å². The van der Waals surface area contributed by atoms with E-state index in [4.69, 9.17) is 0 Å². The summed E-state index contributed by atoms with van der Waals surface area (Å²) in [6, 6.07) is 4.37. The second-order valence-electron chi connectivity index (χ2n) is 7.37. The lowest BCUT2D eigenvalue weighted by Crippen LogP contribution is -2.53. The number of fused-ring (bicyclic) bond motifs is 1. The van der Waals surface area contributed by atoms with Gasteiger partial charge in [-0.3, -0.25) is 9.78 Å². The molecule has 1 aliphatic heterocycles. The lowest BCUT2D eigenvalue weighted by atomic mass is 9.77. The first-order valence-electron chi connectivity index (χ1n) is 8.47. The summed E-state index contributed by atoms with van der Waals surface area (Å²) in [6.07, 6.45) is 5.78. The Labute approximate surface area is 140 Å². The smallest absolute Gasteiger partial charge is 0.253 e. The molecule has 2 fully saturated rings. The first kappa shape index (κ1) is 15.3. The molecule has 3 heterocycles. The number of aliphatic hydroxyl groups is 1. The van der Waals surface area contributed by atoms with Gasteiger partial charge in [0.25, 0.3) is 5.91 Å². The van der Waals surface area contributed by atoms with Gasteiger partial charge >= 0.3 is 0 Å². The second-order valence-corrected chi connectivity index (χ2v) is 7.37. The van der Waals surface area contributed by atoms with Gasteiger partial charge in [0.05, 0.1) is 16.7 Å². The third-order valence-electron chi connectivity index (χ3n) is 5.14. The molecule has 2 aliphatic rings. The van der Waals surface area contributed by atoms with E-state index in [9.17, 15) is 9.90 Å². The Bertz CT molecular complexity index is 797. The molecule has 1 aliphatic carbocycles. The van der Waals surface area contributed by atoms with Crippen LogP contribution in [0.4, 0.5) is 5.82 Å². The Kier molecular flexibility index (Phi) is 3.46. The summed E-state index contributed by atoms with van der Waals surface area (Å²) in [6.45, 7) is 5.01. The molecule has 1 unspecified atom stereocenters. The number of hydrogen-bond donors (Lipinski definition) is 2. The van der Waals surface area contributed by atoms with Gasteiger partial charge in [0.2, 0.25) is 0 Å². The van der Waals surface area contributed by atoms with Crippen molar-refractivity contribution in [3.8, 4) is 0 Å². The zero-order valence-electron chi connectivity index (χ0n) is 14.0. The lowest BCUT2D eigenvalue weighted by Gasteiger charge is -2.41. The number of amides is 1. The minimum absolute atomic E-state index is 0.0385. The fourth-order valence-electron chi connectivity index (χ4n) is 3.52. The van der Waals surface area contributed by atoms with Gasteiger partial charge in [-0.05, 0) is 39.2 Å². The molecular formula is C18H22N4O2. The molecule has 1 saturated heterocycles. The predicted octanol–water partition coefficient (Wildman–Crippen LogP) is 1.87. The number of nitrogens with one attached hydrogen (secondary N) is 1. The molecule has 1 saturated carbocycles. The molecule has 2 N–H and O–H groups in total. The average molecular weight is 326 g/mol. The van der Waals surface area contributed by atoms with Crippen LogP contribution in [0.1, 0.15) is 43.5 Å². The van der Waals surface area contributed by atoms with Crippen molar-refractivity contribution in [3.63, 3.8) is 0 Å². The van der Waals surface area contributed by atoms with E-state index in [1.807, 2.05) is 12.1 Å². The summed E-state index contributed by atoms with van der Waals surface area (Å²) in [4.78, 5) is 23.5. The van der Waals surface area contributed by atoms with E-state index in [-0.39, 0.29) is 11.9 Å². The highest BCUT2D eigenvalue weighted by molar-refractivity contribution is 5.97. The van der Waals surface area contributed by atoms with Crippen molar-refractivity contribution in [2.45, 2.75) is 50.8 Å². The summed E-state index contributed by atoms with van der Waals surface area (Å²) in [5.74, 6) is 0.799.